The van der Waals surface area contributed by atoms with Crippen molar-refractivity contribution in [2.24, 2.45) is 0 Å². The van der Waals surface area contributed by atoms with Crippen molar-refractivity contribution in [1.82, 2.24) is 5.32 Å². The van der Waals surface area contributed by atoms with E-state index in [1.54, 1.807) is 55.1 Å². The molecule has 5 nitrogen and oxygen atoms in total. The number of para-hydroxylation sites is 1. The smallest absolute Gasteiger partial charge is 0.319 e. The Kier molecular flexibility index (Phi) is 6.14. The van der Waals surface area contributed by atoms with Gasteiger partial charge in [-0.1, -0.05) is 12.1 Å². The van der Waals surface area contributed by atoms with Crippen molar-refractivity contribution < 1.29 is 14.3 Å². The first-order chi connectivity index (χ1) is 12.7. The van der Waals surface area contributed by atoms with Crippen LogP contribution in [0.2, 0.25) is 0 Å². The summed E-state index contributed by atoms with van der Waals surface area (Å²) in [6, 6.07) is 13.5. The molecular weight excluding hydrogens is 368 g/mol. The molecule has 0 radical (unpaired) electrons. The Bertz CT molecular complexity index is 860. The average Bonchev–Trinajstić information content (AvgIpc) is 3.33. The summed E-state index contributed by atoms with van der Waals surface area (Å²) in [5.41, 5.74) is 0.570. The Hall–Kier alpha value is -2.51. The van der Waals surface area contributed by atoms with Crippen molar-refractivity contribution in [3.05, 3.63) is 52.7 Å². The van der Waals surface area contributed by atoms with Gasteiger partial charge in [-0.3, -0.25) is 0 Å². The molecule has 26 heavy (non-hydrogen) atoms. The van der Waals surface area contributed by atoms with Crippen molar-refractivity contribution in [2.75, 3.05) is 26.1 Å². The largest absolute Gasteiger partial charge is 0.493 e. The first-order valence-corrected chi connectivity index (χ1v) is 9.79. The number of carbonyl (C=O) groups is 1. The van der Waals surface area contributed by atoms with Gasteiger partial charge in [0.2, 0.25) is 0 Å². The summed E-state index contributed by atoms with van der Waals surface area (Å²) >= 11 is 3.49. The number of nitrogens with one attached hydrogen (secondary N) is 2. The minimum atomic E-state index is -0.272. The molecule has 1 aromatic carbocycles. The molecule has 0 bridgehead atoms. The van der Waals surface area contributed by atoms with Crippen LogP contribution in [-0.2, 0) is 6.42 Å². The molecule has 3 aromatic rings. The maximum atomic E-state index is 12.1. The summed E-state index contributed by atoms with van der Waals surface area (Å²) in [6.45, 7) is 0.558. The Morgan fingerprint density at radius 1 is 1.04 bits per heavy atom. The van der Waals surface area contributed by atoms with Crippen molar-refractivity contribution in [3.63, 3.8) is 0 Å². The van der Waals surface area contributed by atoms with Gasteiger partial charge in [-0.2, -0.15) is 0 Å². The highest BCUT2D eigenvalue weighted by atomic mass is 32.1. The number of carbonyl (C=O) groups excluding carboxylic acids is 1. The third kappa shape index (κ3) is 4.36. The van der Waals surface area contributed by atoms with E-state index in [1.165, 1.54) is 14.6 Å². The van der Waals surface area contributed by atoms with Crippen LogP contribution in [-0.4, -0.2) is 26.8 Å². The van der Waals surface area contributed by atoms with Gasteiger partial charge in [0.25, 0.3) is 0 Å². The second kappa shape index (κ2) is 8.73. The van der Waals surface area contributed by atoms with Crippen molar-refractivity contribution in [1.29, 1.82) is 0 Å². The first-order valence-electron chi connectivity index (χ1n) is 8.09. The number of methoxy groups -OCH3 is 2. The lowest BCUT2D eigenvalue weighted by molar-refractivity contribution is 0.252. The van der Waals surface area contributed by atoms with Crippen LogP contribution < -0.4 is 20.1 Å². The van der Waals surface area contributed by atoms with E-state index in [0.717, 1.165) is 6.42 Å². The second-order valence-electron chi connectivity index (χ2n) is 5.42. The zero-order valence-electron chi connectivity index (χ0n) is 14.6. The van der Waals surface area contributed by atoms with E-state index in [2.05, 4.69) is 40.3 Å². The fourth-order valence-electron chi connectivity index (χ4n) is 2.51. The van der Waals surface area contributed by atoms with Gasteiger partial charge in [0.15, 0.2) is 11.5 Å². The first kappa shape index (κ1) is 18.3. The monoisotopic (exact) mass is 388 g/mol. The molecule has 0 saturated carbocycles. The van der Waals surface area contributed by atoms with Gasteiger partial charge in [-0.15, -0.1) is 22.7 Å². The number of hydrogen-bond acceptors (Lipinski definition) is 5. The van der Waals surface area contributed by atoms with Gasteiger partial charge < -0.3 is 20.1 Å². The van der Waals surface area contributed by atoms with E-state index in [4.69, 9.17) is 9.47 Å². The Labute approximate surface area is 160 Å². The Morgan fingerprint density at radius 3 is 2.65 bits per heavy atom. The van der Waals surface area contributed by atoms with E-state index < -0.39 is 0 Å². The highest BCUT2D eigenvalue weighted by molar-refractivity contribution is 7.21. The number of benzene rings is 1. The summed E-state index contributed by atoms with van der Waals surface area (Å²) in [4.78, 5) is 15.9. The molecule has 0 aliphatic carbocycles. The number of thiophene rings is 2. The maximum Gasteiger partial charge on any atom is 0.319 e. The lowest BCUT2D eigenvalue weighted by Crippen LogP contribution is -2.30. The van der Waals surface area contributed by atoms with E-state index in [0.29, 0.717) is 23.7 Å². The minimum Gasteiger partial charge on any atom is -0.493 e. The molecule has 2 aromatic heterocycles. The maximum absolute atomic E-state index is 12.1. The normalized spacial score (nSPS) is 10.4. The molecule has 0 aliphatic heterocycles. The fourth-order valence-corrected chi connectivity index (χ4v) is 4.36. The van der Waals surface area contributed by atoms with Crippen molar-refractivity contribution >= 4 is 34.4 Å². The van der Waals surface area contributed by atoms with Crippen molar-refractivity contribution in [2.45, 2.75) is 6.42 Å². The standard InChI is InChI=1S/C19H20N2O3S2/c1-23-15-6-3-5-14(18(15)24-2)21-19(22)20-11-10-13-8-9-17(26-13)16-7-4-12-25-16/h3-9,12H,10-11H2,1-2H3,(H2,20,21,22). The molecular formula is C19H20N2O3S2. The molecule has 136 valence electrons. The van der Waals surface area contributed by atoms with Gasteiger partial charge in [0.1, 0.15) is 0 Å². The molecule has 7 heteroatoms. The lowest BCUT2D eigenvalue weighted by Gasteiger charge is -2.13. The second-order valence-corrected chi connectivity index (χ2v) is 7.53. The predicted octanol–water partition coefficient (Wildman–Crippen LogP) is 4.86. The SMILES string of the molecule is COc1cccc(NC(=O)NCCc2ccc(-c3cccs3)s2)c1OC. The number of amides is 2. The summed E-state index contributed by atoms with van der Waals surface area (Å²) in [5.74, 6) is 1.08. The number of hydrogen-bond donors (Lipinski definition) is 2. The zero-order chi connectivity index (χ0) is 18.4. The number of rotatable bonds is 7. The molecule has 0 spiro atoms. The topological polar surface area (TPSA) is 59.6 Å². The quantitative estimate of drug-likeness (QED) is 0.608. The Morgan fingerprint density at radius 2 is 1.92 bits per heavy atom. The molecule has 2 heterocycles. The van der Waals surface area contributed by atoms with Crippen LogP contribution in [0, 0.1) is 0 Å². The van der Waals surface area contributed by atoms with Crippen LogP contribution in [0.5, 0.6) is 11.5 Å². The Balaban J connectivity index is 1.52. The van der Waals surface area contributed by atoms with Crippen LogP contribution >= 0.6 is 22.7 Å². The number of anilines is 1. The van der Waals surface area contributed by atoms with E-state index >= 15 is 0 Å². The molecule has 0 saturated heterocycles. The molecule has 0 unspecified atom stereocenters. The zero-order valence-corrected chi connectivity index (χ0v) is 16.2. The fraction of sp³-hybridized carbons (Fsp3) is 0.211. The highest BCUT2D eigenvalue weighted by Crippen LogP contribution is 2.34. The van der Waals surface area contributed by atoms with Crippen LogP contribution in [0.25, 0.3) is 9.75 Å². The predicted molar refractivity (Wildman–Crippen MR) is 108 cm³/mol. The summed E-state index contributed by atoms with van der Waals surface area (Å²) in [6.07, 6.45) is 0.790. The third-order valence-electron chi connectivity index (χ3n) is 3.73. The van der Waals surface area contributed by atoms with E-state index in [-0.39, 0.29) is 6.03 Å². The minimum absolute atomic E-state index is 0.272. The van der Waals surface area contributed by atoms with Crippen molar-refractivity contribution in [3.8, 4) is 21.3 Å². The van der Waals surface area contributed by atoms with Gasteiger partial charge in [-0.05, 0) is 42.1 Å². The molecule has 3 rings (SSSR count). The summed E-state index contributed by atoms with van der Waals surface area (Å²) in [7, 11) is 3.11. The van der Waals surface area contributed by atoms with Crippen LogP contribution in [0.4, 0.5) is 10.5 Å². The molecule has 2 N–H and O–H groups in total. The molecule has 0 fully saturated rings. The molecule has 0 aliphatic rings. The molecule has 0 atom stereocenters. The van der Waals surface area contributed by atoms with Crippen LogP contribution in [0.1, 0.15) is 4.88 Å². The third-order valence-corrected chi connectivity index (χ3v) is 5.94. The summed E-state index contributed by atoms with van der Waals surface area (Å²) in [5, 5.41) is 7.75. The number of ether oxygens (including phenoxy) is 2. The van der Waals surface area contributed by atoms with E-state index in [9.17, 15) is 4.79 Å². The number of urea groups is 1. The van der Waals surface area contributed by atoms with Gasteiger partial charge >= 0.3 is 6.03 Å². The molecule has 2 amide bonds. The van der Waals surface area contributed by atoms with Gasteiger partial charge in [-0.25, -0.2) is 4.79 Å². The lowest BCUT2D eigenvalue weighted by atomic mass is 10.2. The van der Waals surface area contributed by atoms with Gasteiger partial charge in [0.05, 0.1) is 19.9 Å². The van der Waals surface area contributed by atoms with Crippen LogP contribution in [0.15, 0.2) is 47.8 Å². The average molecular weight is 389 g/mol. The summed E-state index contributed by atoms with van der Waals surface area (Å²) < 4.78 is 10.6. The van der Waals surface area contributed by atoms with Gasteiger partial charge in [0, 0.05) is 21.2 Å². The highest BCUT2D eigenvalue weighted by Gasteiger charge is 2.12. The van der Waals surface area contributed by atoms with E-state index in [1.807, 2.05) is 0 Å². The van der Waals surface area contributed by atoms with Crippen LogP contribution in [0.3, 0.4) is 0 Å².